The Morgan fingerprint density at radius 2 is 1.05 bits per heavy atom. The number of esters is 2. The zero-order valence-electron chi connectivity index (χ0n) is 32.1. The fourth-order valence-electron chi connectivity index (χ4n) is 7.44. The number of hydrogen-bond donors (Lipinski definition) is 4. The number of aliphatic hydroxyl groups excluding tert-OH is 3. The molecule has 0 amide bonds. The van der Waals surface area contributed by atoms with Crippen LogP contribution in [0.3, 0.4) is 0 Å². The SMILES string of the molecule is CCOC(=O)c1c(O)c2ccccc2n(CC)c1=O.CCOC(=O)c1c(OC2CO[C@H]3[C@@H]2OC[C@@H]3O)c2ccccc2n(CC)c1=O.O[C@@H]1CO[C@H]2[C@@H]1OC[C@@H]2O. The Kier molecular flexibility index (Phi) is 13.3. The third-order valence-corrected chi connectivity index (χ3v) is 10.1. The molecule has 0 radical (unpaired) electrons. The predicted molar refractivity (Wildman–Crippen MR) is 203 cm³/mol. The summed E-state index contributed by atoms with van der Waals surface area (Å²) in [6.45, 7) is 9.00. The molecule has 4 aliphatic rings. The Bertz CT molecular complexity index is 2190. The maximum absolute atomic E-state index is 13.1. The molecule has 0 saturated carbocycles. The van der Waals surface area contributed by atoms with E-state index in [9.17, 15) is 29.4 Å². The van der Waals surface area contributed by atoms with Gasteiger partial charge in [-0.05, 0) is 52.0 Å². The van der Waals surface area contributed by atoms with Crippen LogP contribution in [0.4, 0.5) is 0 Å². The molecule has 4 saturated heterocycles. The van der Waals surface area contributed by atoms with Gasteiger partial charge in [-0.2, -0.15) is 0 Å². The molecule has 0 aliphatic carbocycles. The van der Waals surface area contributed by atoms with Crippen molar-refractivity contribution in [1.29, 1.82) is 0 Å². The lowest BCUT2D eigenvalue weighted by atomic mass is 10.1. The van der Waals surface area contributed by atoms with E-state index in [1.807, 2.05) is 25.1 Å². The van der Waals surface area contributed by atoms with Crippen molar-refractivity contribution in [3.05, 3.63) is 80.4 Å². The fourth-order valence-corrected chi connectivity index (χ4v) is 7.44. The van der Waals surface area contributed by atoms with Crippen LogP contribution >= 0.6 is 0 Å². The molecule has 2 aromatic heterocycles. The van der Waals surface area contributed by atoms with Gasteiger partial charge in [-0.15, -0.1) is 0 Å². The number of rotatable bonds is 8. The van der Waals surface area contributed by atoms with E-state index >= 15 is 0 Å². The highest BCUT2D eigenvalue weighted by atomic mass is 16.6. The Morgan fingerprint density at radius 1 is 0.632 bits per heavy atom. The van der Waals surface area contributed by atoms with Crippen molar-refractivity contribution in [3.63, 3.8) is 0 Å². The normalized spacial score (nSPS) is 25.9. The summed E-state index contributed by atoms with van der Waals surface area (Å²) in [5, 5.41) is 39.5. The highest BCUT2D eigenvalue weighted by Crippen LogP contribution is 2.35. The average Bonchev–Trinajstić information content (AvgIpc) is 3.98. The summed E-state index contributed by atoms with van der Waals surface area (Å²) >= 11 is 0. The van der Waals surface area contributed by atoms with Crippen LogP contribution in [0.1, 0.15) is 48.4 Å². The number of fused-ring (bicyclic) bond motifs is 4. The molecule has 4 fully saturated rings. The van der Waals surface area contributed by atoms with Gasteiger partial charge in [0.25, 0.3) is 11.1 Å². The van der Waals surface area contributed by atoms with Crippen molar-refractivity contribution in [2.24, 2.45) is 0 Å². The molecular weight excluding hydrogens is 748 g/mol. The lowest BCUT2D eigenvalue weighted by molar-refractivity contribution is 0.00205. The Hall–Kier alpha value is -4.88. The molecule has 4 aromatic rings. The van der Waals surface area contributed by atoms with Crippen LogP contribution in [0, 0.1) is 0 Å². The largest absolute Gasteiger partial charge is 0.506 e. The Balaban J connectivity index is 0.000000162. The fraction of sp³-hybridized carbons (Fsp3) is 0.500. The van der Waals surface area contributed by atoms with Gasteiger partial charge in [-0.25, -0.2) is 9.59 Å². The van der Waals surface area contributed by atoms with Gasteiger partial charge >= 0.3 is 11.9 Å². The first-order chi connectivity index (χ1) is 27.5. The van der Waals surface area contributed by atoms with E-state index in [4.69, 9.17) is 43.4 Å². The maximum Gasteiger partial charge on any atom is 0.347 e. The molecule has 8 rings (SSSR count). The third-order valence-electron chi connectivity index (χ3n) is 10.1. The van der Waals surface area contributed by atoms with Gasteiger partial charge in [-0.1, -0.05) is 24.3 Å². The van der Waals surface area contributed by atoms with E-state index in [0.29, 0.717) is 34.9 Å². The molecule has 8 atom stereocenters. The minimum Gasteiger partial charge on any atom is -0.506 e. The first-order valence-corrected chi connectivity index (χ1v) is 19.0. The van der Waals surface area contributed by atoms with Gasteiger partial charge in [0.15, 0.2) is 17.2 Å². The average molecular weight is 797 g/mol. The van der Waals surface area contributed by atoms with Crippen LogP contribution in [0.2, 0.25) is 0 Å². The van der Waals surface area contributed by atoms with E-state index in [1.165, 1.54) is 9.13 Å². The monoisotopic (exact) mass is 796 g/mol. The summed E-state index contributed by atoms with van der Waals surface area (Å²) in [7, 11) is 0. The highest BCUT2D eigenvalue weighted by Gasteiger charge is 2.49. The maximum atomic E-state index is 13.1. The van der Waals surface area contributed by atoms with Crippen molar-refractivity contribution >= 4 is 33.7 Å². The first kappa shape index (κ1) is 41.7. The number of aromatic hydroxyl groups is 1. The molecule has 4 N–H and O–H groups in total. The number of nitrogens with zero attached hydrogens (tertiary/aromatic N) is 2. The Morgan fingerprint density at radius 3 is 1.58 bits per heavy atom. The number of aryl methyl sites for hydroxylation is 2. The Labute approximate surface area is 326 Å². The van der Waals surface area contributed by atoms with Crippen molar-refractivity contribution < 1.29 is 63.2 Å². The third kappa shape index (κ3) is 8.14. The number of ether oxygens (including phenoxy) is 7. The lowest BCUT2D eigenvalue weighted by Gasteiger charge is -2.22. The molecule has 0 bridgehead atoms. The van der Waals surface area contributed by atoms with Crippen LogP contribution in [0.5, 0.6) is 11.5 Å². The van der Waals surface area contributed by atoms with Gasteiger partial charge in [0.1, 0.15) is 54.2 Å². The van der Waals surface area contributed by atoms with E-state index in [0.717, 1.165) is 0 Å². The number of para-hydroxylation sites is 2. The number of carbonyl (C=O) groups excluding carboxylic acids is 2. The zero-order chi connectivity index (χ0) is 41.0. The summed E-state index contributed by atoms with van der Waals surface area (Å²) in [5.74, 6) is -1.66. The number of hydrogen-bond acceptors (Lipinski definition) is 15. The standard InChI is InChI=1S/C20H23NO7.C14H15NO4.C6H10O4/c1-3-21-12-8-6-5-7-11(12)16(15(19(21)23)20(24)25-4-2)28-14-10-27-17-13(22)9-26-18(14)17;1-3-15-10-8-6-5-7-9(10)12(16)11(13(15)17)14(18)19-4-2;7-3-1-9-6-4(8)2-10-5(3)6/h5-8,13-14,17-18,22H,3-4,9-10H2,1-2H3;5-8,16H,3-4H2,1-2H3;3-8H,1-2H2/t13-,14?,17+,18+;;3-,4+,5-,6-/m0.1/s1. The van der Waals surface area contributed by atoms with Crippen molar-refractivity contribution in [1.82, 2.24) is 9.13 Å². The lowest BCUT2D eigenvalue weighted by Crippen LogP contribution is -2.36. The van der Waals surface area contributed by atoms with Crippen LogP contribution in [-0.4, -0.2) is 130 Å². The second kappa shape index (κ2) is 18.1. The van der Waals surface area contributed by atoms with Crippen LogP contribution in [0.25, 0.3) is 21.8 Å². The van der Waals surface area contributed by atoms with Gasteiger partial charge in [0, 0.05) is 23.9 Å². The van der Waals surface area contributed by atoms with Crippen molar-refractivity contribution in [2.75, 3.05) is 39.6 Å². The van der Waals surface area contributed by atoms with E-state index in [2.05, 4.69) is 0 Å². The number of benzene rings is 2. The molecule has 17 nitrogen and oxygen atoms in total. The molecule has 2 aromatic carbocycles. The summed E-state index contributed by atoms with van der Waals surface area (Å²) < 4.78 is 40.5. The summed E-state index contributed by atoms with van der Waals surface area (Å²) in [6, 6.07) is 14.2. The molecule has 0 spiro atoms. The molecular formula is C40H48N2O15. The number of aromatic nitrogens is 2. The smallest absolute Gasteiger partial charge is 0.347 e. The number of pyridine rings is 2. The minimum atomic E-state index is -0.794. The molecule has 6 heterocycles. The van der Waals surface area contributed by atoms with E-state index in [-0.39, 0.29) is 74.5 Å². The first-order valence-electron chi connectivity index (χ1n) is 19.0. The number of carbonyl (C=O) groups is 2. The van der Waals surface area contributed by atoms with Crippen molar-refractivity contribution in [2.45, 2.75) is 89.6 Å². The van der Waals surface area contributed by atoms with Gasteiger partial charge < -0.3 is 62.7 Å². The van der Waals surface area contributed by atoms with Crippen LogP contribution < -0.4 is 15.9 Å². The highest BCUT2D eigenvalue weighted by molar-refractivity contribution is 6.00. The van der Waals surface area contributed by atoms with Gasteiger partial charge in [0.2, 0.25) is 0 Å². The predicted octanol–water partition coefficient (Wildman–Crippen LogP) is 1.51. The second-order valence-electron chi connectivity index (χ2n) is 13.6. The zero-order valence-corrected chi connectivity index (χ0v) is 32.1. The van der Waals surface area contributed by atoms with Crippen LogP contribution in [0.15, 0.2) is 58.1 Å². The second-order valence-corrected chi connectivity index (χ2v) is 13.6. The topological polar surface area (TPSA) is 224 Å². The summed E-state index contributed by atoms with van der Waals surface area (Å²) in [4.78, 5) is 49.8. The summed E-state index contributed by atoms with van der Waals surface area (Å²) in [6.07, 6.45) is -3.89. The molecule has 57 heavy (non-hydrogen) atoms. The summed E-state index contributed by atoms with van der Waals surface area (Å²) in [5.41, 5.74) is -0.164. The quantitative estimate of drug-likeness (QED) is 0.186. The minimum absolute atomic E-state index is 0.135. The van der Waals surface area contributed by atoms with E-state index in [1.54, 1.807) is 51.1 Å². The molecule has 17 heteroatoms. The molecule has 1 unspecified atom stereocenters. The van der Waals surface area contributed by atoms with Crippen LogP contribution in [-0.2, 0) is 41.5 Å². The van der Waals surface area contributed by atoms with Gasteiger partial charge in [-0.3, -0.25) is 9.59 Å². The molecule has 4 aliphatic heterocycles. The number of aliphatic hydroxyl groups is 3. The van der Waals surface area contributed by atoms with E-state index < -0.39 is 59.7 Å². The van der Waals surface area contributed by atoms with Gasteiger partial charge in [0.05, 0.1) is 50.7 Å². The molecule has 308 valence electrons. The van der Waals surface area contributed by atoms with Crippen molar-refractivity contribution in [3.8, 4) is 11.5 Å².